The SMILES string of the molecule is Cc1cccc(-c2n[nH]cc2-c2ccc3nccc(-c4cnco4)c3n2)n1. The third-order valence-corrected chi connectivity index (χ3v) is 4.33. The van der Waals surface area contributed by atoms with Crippen LogP contribution in [-0.2, 0) is 0 Å². The summed E-state index contributed by atoms with van der Waals surface area (Å²) in [4.78, 5) is 17.8. The summed E-state index contributed by atoms with van der Waals surface area (Å²) in [6.45, 7) is 1.96. The molecular formula is C20H14N6O. The third-order valence-electron chi connectivity index (χ3n) is 4.33. The lowest BCUT2D eigenvalue weighted by Crippen LogP contribution is -1.92. The molecule has 0 atom stereocenters. The Bertz CT molecular complexity index is 1240. The number of H-pyrrole nitrogens is 1. The van der Waals surface area contributed by atoms with Crippen LogP contribution >= 0.6 is 0 Å². The molecule has 5 aromatic rings. The summed E-state index contributed by atoms with van der Waals surface area (Å²) in [5, 5.41) is 7.32. The minimum absolute atomic E-state index is 0.653. The Kier molecular flexibility index (Phi) is 3.50. The molecule has 130 valence electrons. The highest BCUT2D eigenvalue weighted by molar-refractivity contribution is 5.91. The van der Waals surface area contributed by atoms with E-state index >= 15 is 0 Å². The first-order valence-corrected chi connectivity index (χ1v) is 8.42. The second-order valence-corrected chi connectivity index (χ2v) is 6.10. The van der Waals surface area contributed by atoms with Gasteiger partial charge in [0.2, 0.25) is 0 Å². The quantitative estimate of drug-likeness (QED) is 0.525. The largest absolute Gasteiger partial charge is 0.443 e. The predicted molar refractivity (Wildman–Crippen MR) is 101 cm³/mol. The van der Waals surface area contributed by atoms with Gasteiger partial charge in [-0.3, -0.25) is 15.1 Å². The highest BCUT2D eigenvalue weighted by atomic mass is 16.3. The van der Waals surface area contributed by atoms with Gasteiger partial charge in [-0.25, -0.2) is 9.97 Å². The third kappa shape index (κ3) is 2.65. The van der Waals surface area contributed by atoms with Crippen molar-refractivity contribution in [3.05, 3.63) is 67.1 Å². The molecule has 5 aromatic heterocycles. The summed E-state index contributed by atoms with van der Waals surface area (Å²) in [5.74, 6) is 0.653. The average Bonchev–Trinajstić information content (AvgIpc) is 3.39. The minimum Gasteiger partial charge on any atom is -0.443 e. The molecule has 0 fully saturated rings. The summed E-state index contributed by atoms with van der Waals surface area (Å²) >= 11 is 0. The molecule has 0 amide bonds. The van der Waals surface area contributed by atoms with Crippen molar-refractivity contribution in [1.82, 2.24) is 30.1 Å². The molecule has 1 N–H and O–H groups in total. The van der Waals surface area contributed by atoms with Gasteiger partial charge in [-0.15, -0.1) is 0 Å². The second-order valence-electron chi connectivity index (χ2n) is 6.10. The van der Waals surface area contributed by atoms with Crippen molar-refractivity contribution in [1.29, 1.82) is 0 Å². The van der Waals surface area contributed by atoms with Crippen molar-refractivity contribution in [2.45, 2.75) is 6.92 Å². The first-order chi connectivity index (χ1) is 13.3. The first-order valence-electron chi connectivity index (χ1n) is 8.42. The lowest BCUT2D eigenvalue weighted by Gasteiger charge is -2.06. The minimum atomic E-state index is 0.653. The van der Waals surface area contributed by atoms with Crippen molar-refractivity contribution in [3.8, 4) is 34.0 Å². The van der Waals surface area contributed by atoms with E-state index in [0.717, 1.165) is 44.9 Å². The fourth-order valence-electron chi connectivity index (χ4n) is 3.08. The number of hydrogen-bond donors (Lipinski definition) is 1. The van der Waals surface area contributed by atoms with Crippen molar-refractivity contribution < 1.29 is 4.42 Å². The number of nitrogens with zero attached hydrogens (tertiary/aromatic N) is 5. The number of fused-ring (bicyclic) bond motifs is 1. The smallest absolute Gasteiger partial charge is 0.181 e. The van der Waals surface area contributed by atoms with E-state index in [2.05, 4.69) is 25.1 Å². The molecule has 0 unspecified atom stereocenters. The zero-order valence-electron chi connectivity index (χ0n) is 14.4. The molecule has 5 rings (SSSR count). The molecule has 0 saturated heterocycles. The summed E-state index contributed by atoms with van der Waals surface area (Å²) in [7, 11) is 0. The lowest BCUT2D eigenvalue weighted by atomic mass is 10.1. The zero-order valence-corrected chi connectivity index (χ0v) is 14.4. The van der Waals surface area contributed by atoms with Crippen LogP contribution in [0.25, 0.3) is 45.0 Å². The molecule has 0 bridgehead atoms. The van der Waals surface area contributed by atoms with Crippen LogP contribution in [0.3, 0.4) is 0 Å². The van der Waals surface area contributed by atoms with E-state index in [1.807, 2.05) is 49.5 Å². The van der Waals surface area contributed by atoms with Crippen LogP contribution in [0, 0.1) is 6.92 Å². The summed E-state index contributed by atoms with van der Waals surface area (Å²) < 4.78 is 5.46. The molecule has 0 aliphatic rings. The molecule has 0 saturated carbocycles. The maximum Gasteiger partial charge on any atom is 0.181 e. The van der Waals surface area contributed by atoms with E-state index < -0.39 is 0 Å². The van der Waals surface area contributed by atoms with Crippen LogP contribution in [0.2, 0.25) is 0 Å². The standard InChI is InChI=1S/C20H14N6O/c1-12-3-2-4-17(24-12)20-14(9-23-26-20)15-5-6-16-19(25-15)13(7-8-22-16)18-10-21-11-27-18/h2-11H,1H3,(H,23,26). The maximum atomic E-state index is 5.46. The molecule has 0 radical (unpaired) electrons. The van der Waals surface area contributed by atoms with Crippen LogP contribution < -0.4 is 0 Å². The molecule has 0 aliphatic heterocycles. The fraction of sp³-hybridized carbons (Fsp3) is 0.0500. The predicted octanol–water partition coefficient (Wildman–Crippen LogP) is 4.05. The Labute approximate surface area is 154 Å². The highest BCUT2D eigenvalue weighted by Crippen LogP contribution is 2.31. The van der Waals surface area contributed by atoms with Gasteiger partial charge in [-0.2, -0.15) is 5.10 Å². The number of pyridine rings is 3. The van der Waals surface area contributed by atoms with Crippen molar-refractivity contribution in [2.24, 2.45) is 0 Å². The maximum absolute atomic E-state index is 5.46. The van der Waals surface area contributed by atoms with Gasteiger partial charge in [0.15, 0.2) is 12.2 Å². The molecule has 0 aliphatic carbocycles. The fourth-order valence-corrected chi connectivity index (χ4v) is 3.08. The lowest BCUT2D eigenvalue weighted by molar-refractivity contribution is 0.572. The van der Waals surface area contributed by atoms with Gasteiger partial charge in [-0.05, 0) is 37.3 Å². The van der Waals surface area contributed by atoms with Crippen molar-refractivity contribution in [3.63, 3.8) is 0 Å². The molecule has 7 nitrogen and oxygen atoms in total. The van der Waals surface area contributed by atoms with E-state index in [0.29, 0.717) is 5.76 Å². The van der Waals surface area contributed by atoms with Crippen LogP contribution in [-0.4, -0.2) is 30.1 Å². The molecular weight excluding hydrogens is 340 g/mol. The second kappa shape index (κ2) is 6.14. The Balaban J connectivity index is 1.69. The van der Waals surface area contributed by atoms with Crippen LogP contribution in [0.4, 0.5) is 0 Å². The van der Waals surface area contributed by atoms with E-state index in [4.69, 9.17) is 9.40 Å². The van der Waals surface area contributed by atoms with Gasteiger partial charge in [-0.1, -0.05) is 6.07 Å². The van der Waals surface area contributed by atoms with Crippen LogP contribution in [0.15, 0.2) is 65.8 Å². The van der Waals surface area contributed by atoms with Crippen LogP contribution in [0.1, 0.15) is 5.69 Å². The zero-order chi connectivity index (χ0) is 18.2. The normalized spacial score (nSPS) is 11.1. The van der Waals surface area contributed by atoms with Crippen molar-refractivity contribution >= 4 is 11.0 Å². The Morgan fingerprint density at radius 3 is 2.78 bits per heavy atom. The van der Waals surface area contributed by atoms with Gasteiger partial charge in [0, 0.05) is 29.2 Å². The summed E-state index contributed by atoms with van der Waals surface area (Å²) in [6, 6.07) is 11.6. The van der Waals surface area contributed by atoms with Gasteiger partial charge >= 0.3 is 0 Å². The van der Waals surface area contributed by atoms with Gasteiger partial charge in [0.1, 0.15) is 11.2 Å². The Morgan fingerprint density at radius 1 is 0.963 bits per heavy atom. The number of hydrogen-bond acceptors (Lipinski definition) is 6. The molecule has 5 heterocycles. The average molecular weight is 354 g/mol. The van der Waals surface area contributed by atoms with Crippen molar-refractivity contribution in [2.75, 3.05) is 0 Å². The Morgan fingerprint density at radius 2 is 1.93 bits per heavy atom. The summed E-state index contributed by atoms with van der Waals surface area (Å²) in [6.07, 6.45) is 6.64. The van der Waals surface area contributed by atoms with E-state index in [-0.39, 0.29) is 0 Å². The van der Waals surface area contributed by atoms with E-state index in [9.17, 15) is 0 Å². The first kappa shape index (κ1) is 15.4. The summed E-state index contributed by atoms with van der Waals surface area (Å²) in [5.41, 5.74) is 6.53. The topological polar surface area (TPSA) is 93.4 Å². The molecule has 27 heavy (non-hydrogen) atoms. The number of rotatable bonds is 3. The van der Waals surface area contributed by atoms with Gasteiger partial charge in [0.25, 0.3) is 0 Å². The number of oxazole rings is 1. The van der Waals surface area contributed by atoms with E-state index in [1.54, 1.807) is 12.4 Å². The number of aromatic amines is 1. The van der Waals surface area contributed by atoms with Gasteiger partial charge < -0.3 is 4.42 Å². The number of aryl methyl sites for hydroxylation is 1. The molecule has 0 aromatic carbocycles. The molecule has 0 spiro atoms. The van der Waals surface area contributed by atoms with Gasteiger partial charge in [0.05, 0.1) is 23.1 Å². The monoisotopic (exact) mass is 354 g/mol. The van der Waals surface area contributed by atoms with E-state index in [1.165, 1.54) is 6.39 Å². The van der Waals surface area contributed by atoms with Crippen LogP contribution in [0.5, 0.6) is 0 Å². The molecule has 7 heteroatoms. The Hall–Kier alpha value is -3.87. The highest BCUT2D eigenvalue weighted by Gasteiger charge is 2.15. The number of nitrogens with one attached hydrogen (secondary N) is 1. The number of aromatic nitrogens is 6.